The van der Waals surface area contributed by atoms with Gasteiger partial charge in [0.25, 0.3) is 0 Å². The maximum absolute atomic E-state index is 11.5. The molecule has 74 valence electrons. The Balaban J connectivity index is 2.58. The van der Waals surface area contributed by atoms with Crippen molar-refractivity contribution < 1.29 is 9.53 Å². The van der Waals surface area contributed by atoms with Crippen LogP contribution < -0.4 is 0 Å². The molecule has 0 saturated carbocycles. The smallest absolute Gasteiger partial charge is 0.341 e. The largest absolute Gasteiger partial charge is 0.451 e. The standard InChI is InChI=1S/C11H13NO2/c1-3-11(4-2)9-5-6-12-7-8(9)10(13)14-11/h5-7H,3-4H2,1-2H3. The second-order valence-corrected chi connectivity index (χ2v) is 3.51. The van der Waals surface area contributed by atoms with E-state index in [2.05, 4.69) is 4.98 Å². The number of aromatic nitrogens is 1. The van der Waals surface area contributed by atoms with E-state index in [0.29, 0.717) is 5.56 Å². The first kappa shape index (κ1) is 9.19. The van der Waals surface area contributed by atoms with E-state index in [1.54, 1.807) is 12.4 Å². The van der Waals surface area contributed by atoms with Crippen LogP contribution in [-0.4, -0.2) is 11.0 Å². The molecule has 2 heterocycles. The molecule has 14 heavy (non-hydrogen) atoms. The molecule has 0 N–H and O–H groups in total. The van der Waals surface area contributed by atoms with Gasteiger partial charge in [0.2, 0.25) is 0 Å². The van der Waals surface area contributed by atoms with Gasteiger partial charge in [0.15, 0.2) is 0 Å². The van der Waals surface area contributed by atoms with E-state index < -0.39 is 5.60 Å². The first-order valence-electron chi connectivity index (χ1n) is 4.91. The first-order chi connectivity index (χ1) is 6.73. The maximum atomic E-state index is 11.5. The predicted octanol–water partition coefficient (Wildman–Crippen LogP) is 2.27. The van der Waals surface area contributed by atoms with E-state index in [-0.39, 0.29) is 5.97 Å². The number of nitrogens with zero attached hydrogens (tertiary/aromatic N) is 1. The van der Waals surface area contributed by atoms with Crippen LogP contribution in [0.5, 0.6) is 0 Å². The Labute approximate surface area is 83.1 Å². The summed E-state index contributed by atoms with van der Waals surface area (Å²) in [4.78, 5) is 15.5. The number of carbonyl (C=O) groups is 1. The van der Waals surface area contributed by atoms with E-state index in [9.17, 15) is 4.79 Å². The predicted molar refractivity (Wildman–Crippen MR) is 51.9 cm³/mol. The van der Waals surface area contributed by atoms with Crippen LogP contribution >= 0.6 is 0 Å². The average Bonchev–Trinajstić information content (AvgIpc) is 2.53. The lowest BCUT2D eigenvalue weighted by Gasteiger charge is -2.25. The molecule has 0 aromatic carbocycles. The molecule has 1 aliphatic heterocycles. The van der Waals surface area contributed by atoms with Crippen molar-refractivity contribution in [2.75, 3.05) is 0 Å². The minimum atomic E-state index is -0.407. The third-order valence-electron chi connectivity index (χ3n) is 2.96. The highest BCUT2D eigenvalue weighted by atomic mass is 16.6. The van der Waals surface area contributed by atoms with Crippen molar-refractivity contribution in [2.24, 2.45) is 0 Å². The minimum Gasteiger partial charge on any atom is -0.451 e. The topological polar surface area (TPSA) is 39.2 Å². The molecule has 0 bridgehead atoms. The van der Waals surface area contributed by atoms with Crippen LogP contribution in [0.3, 0.4) is 0 Å². The van der Waals surface area contributed by atoms with Gasteiger partial charge in [-0.25, -0.2) is 4.79 Å². The van der Waals surface area contributed by atoms with Crippen LogP contribution in [0.15, 0.2) is 18.5 Å². The summed E-state index contributed by atoms with van der Waals surface area (Å²) in [7, 11) is 0. The summed E-state index contributed by atoms with van der Waals surface area (Å²) in [5.74, 6) is -0.239. The lowest BCUT2D eigenvalue weighted by molar-refractivity contribution is -0.0126. The number of rotatable bonds is 2. The molecule has 1 aromatic rings. The molecule has 2 rings (SSSR count). The summed E-state index contributed by atoms with van der Waals surface area (Å²) in [5, 5.41) is 0. The van der Waals surface area contributed by atoms with E-state index in [1.165, 1.54) is 0 Å². The van der Waals surface area contributed by atoms with Crippen LogP contribution in [0.4, 0.5) is 0 Å². The van der Waals surface area contributed by atoms with Crippen molar-refractivity contribution in [1.29, 1.82) is 0 Å². The van der Waals surface area contributed by atoms with Crippen LogP contribution in [0.2, 0.25) is 0 Å². The highest BCUT2D eigenvalue weighted by Crippen LogP contribution is 2.40. The van der Waals surface area contributed by atoms with Gasteiger partial charge in [-0.2, -0.15) is 0 Å². The third kappa shape index (κ3) is 1.05. The molecule has 1 aliphatic rings. The Morgan fingerprint density at radius 1 is 1.43 bits per heavy atom. The van der Waals surface area contributed by atoms with Gasteiger partial charge in [0.05, 0.1) is 5.56 Å². The number of fused-ring (bicyclic) bond motifs is 1. The summed E-state index contributed by atoms with van der Waals surface area (Å²) in [6.07, 6.45) is 4.92. The van der Waals surface area contributed by atoms with Gasteiger partial charge in [0.1, 0.15) is 5.60 Å². The van der Waals surface area contributed by atoms with Gasteiger partial charge >= 0.3 is 5.97 Å². The average molecular weight is 191 g/mol. The van der Waals surface area contributed by atoms with Crippen molar-refractivity contribution in [3.05, 3.63) is 29.6 Å². The zero-order valence-electron chi connectivity index (χ0n) is 8.41. The van der Waals surface area contributed by atoms with E-state index >= 15 is 0 Å². The quantitative estimate of drug-likeness (QED) is 0.673. The van der Waals surface area contributed by atoms with Crippen LogP contribution in [0, 0.1) is 0 Å². The number of ether oxygens (including phenoxy) is 1. The van der Waals surface area contributed by atoms with Crippen LogP contribution in [-0.2, 0) is 10.3 Å². The summed E-state index contributed by atoms with van der Waals surface area (Å²) < 4.78 is 5.44. The lowest BCUT2D eigenvalue weighted by atomic mass is 9.88. The molecule has 0 atom stereocenters. The normalized spacial score (nSPS) is 17.7. The number of cyclic esters (lactones) is 1. The Bertz CT molecular complexity index is 369. The van der Waals surface area contributed by atoms with Gasteiger partial charge in [-0.15, -0.1) is 0 Å². The van der Waals surface area contributed by atoms with Crippen LogP contribution in [0.1, 0.15) is 42.6 Å². The van der Waals surface area contributed by atoms with Crippen LogP contribution in [0.25, 0.3) is 0 Å². The van der Waals surface area contributed by atoms with Crippen molar-refractivity contribution in [3.8, 4) is 0 Å². The molecule has 0 aliphatic carbocycles. The summed E-state index contributed by atoms with van der Waals surface area (Å²) in [6.45, 7) is 4.07. The number of hydrogen-bond acceptors (Lipinski definition) is 3. The number of hydrogen-bond donors (Lipinski definition) is 0. The number of carbonyl (C=O) groups excluding carboxylic acids is 1. The Kier molecular flexibility index (Phi) is 2.02. The Morgan fingerprint density at radius 2 is 2.14 bits per heavy atom. The Morgan fingerprint density at radius 3 is 2.79 bits per heavy atom. The van der Waals surface area contributed by atoms with Gasteiger partial charge in [-0.05, 0) is 18.9 Å². The maximum Gasteiger partial charge on any atom is 0.341 e. The molecule has 0 saturated heterocycles. The SMILES string of the molecule is CCC1(CC)OC(=O)c2cnccc21. The molecule has 1 aromatic heterocycles. The second kappa shape index (κ2) is 3.08. The molecular weight excluding hydrogens is 178 g/mol. The zero-order chi connectivity index (χ0) is 10.2. The zero-order valence-corrected chi connectivity index (χ0v) is 8.41. The fraction of sp³-hybridized carbons (Fsp3) is 0.455. The summed E-state index contributed by atoms with van der Waals surface area (Å²) in [5.41, 5.74) is 1.20. The lowest BCUT2D eigenvalue weighted by Crippen LogP contribution is -2.23. The molecule has 0 amide bonds. The Hall–Kier alpha value is -1.38. The van der Waals surface area contributed by atoms with Crippen molar-refractivity contribution in [2.45, 2.75) is 32.3 Å². The first-order valence-corrected chi connectivity index (χ1v) is 4.91. The molecule has 0 spiro atoms. The highest BCUT2D eigenvalue weighted by molar-refractivity contribution is 5.94. The van der Waals surface area contributed by atoms with E-state index in [4.69, 9.17) is 4.74 Å². The van der Waals surface area contributed by atoms with Crippen molar-refractivity contribution in [3.63, 3.8) is 0 Å². The fourth-order valence-corrected chi connectivity index (χ4v) is 2.02. The number of esters is 1. The van der Waals surface area contributed by atoms with E-state index in [1.807, 2.05) is 19.9 Å². The molecule has 3 heteroatoms. The van der Waals surface area contributed by atoms with E-state index in [0.717, 1.165) is 18.4 Å². The molecule has 0 unspecified atom stereocenters. The van der Waals surface area contributed by atoms with Gasteiger partial charge in [0, 0.05) is 18.0 Å². The second-order valence-electron chi connectivity index (χ2n) is 3.51. The van der Waals surface area contributed by atoms with Gasteiger partial charge in [-0.1, -0.05) is 13.8 Å². The minimum absolute atomic E-state index is 0.239. The molecule has 0 radical (unpaired) electrons. The van der Waals surface area contributed by atoms with Gasteiger partial charge in [-0.3, -0.25) is 4.98 Å². The summed E-state index contributed by atoms with van der Waals surface area (Å²) >= 11 is 0. The van der Waals surface area contributed by atoms with Crippen molar-refractivity contribution >= 4 is 5.97 Å². The molecule has 0 fully saturated rings. The molecule has 3 nitrogen and oxygen atoms in total. The summed E-state index contributed by atoms with van der Waals surface area (Å²) in [6, 6.07) is 1.88. The van der Waals surface area contributed by atoms with Crippen molar-refractivity contribution in [1.82, 2.24) is 4.98 Å². The highest BCUT2D eigenvalue weighted by Gasteiger charge is 2.42. The fourth-order valence-electron chi connectivity index (χ4n) is 2.02. The molecular formula is C11H13NO2. The monoisotopic (exact) mass is 191 g/mol. The third-order valence-corrected chi connectivity index (χ3v) is 2.96. The van der Waals surface area contributed by atoms with Gasteiger partial charge < -0.3 is 4.74 Å². The number of pyridine rings is 1.